The van der Waals surface area contributed by atoms with Gasteiger partial charge in [-0.1, -0.05) is 25.5 Å². The summed E-state index contributed by atoms with van der Waals surface area (Å²) < 4.78 is 6.06. The Hall–Kier alpha value is -1.02. The van der Waals surface area contributed by atoms with E-state index in [1.165, 1.54) is 43.6 Å². The molecular formula is C17H27NO. The predicted octanol–water partition coefficient (Wildman–Crippen LogP) is 4.38. The van der Waals surface area contributed by atoms with Crippen LogP contribution >= 0.6 is 0 Å². The maximum Gasteiger partial charge on any atom is 0.0724 e. The maximum absolute atomic E-state index is 6.06. The first-order valence-electron chi connectivity index (χ1n) is 7.58. The molecule has 0 atom stereocenters. The third-order valence-corrected chi connectivity index (χ3v) is 3.86. The zero-order valence-electron chi connectivity index (χ0n) is 12.6. The summed E-state index contributed by atoms with van der Waals surface area (Å²) in [7, 11) is 0. The van der Waals surface area contributed by atoms with E-state index < -0.39 is 0 Å². The highest BCUT2D eigenvalue weighted by Gasteiger charge is 2.17. The van der Waals surface area contributed by atoms with E-state index in [2.05, 4.69) is 49.9 Å². The highest BCUT2D eigenvalue weighted by molar-refractivity contribution is 5.49. The van der Waals surface area contributed by atoms with Gasteiger partial charge in [-0.25, -0.2) is 0 Å². The van der Waals surface area contributed by atoms with Gasteiger partial charge in [0.15, 0.2) is 0 Å². The summed E-state index contributed by atoms with van der Waals surface area (Å²) in [5.41, 5.74) is 2.62. The molecule has 2 rings (SSSR count). The molecule has 0 amide bonds. The fourth-order valence-electron chi connectivity index (χ4n) is 2.77. The summed E-state index contributed by atoms with van der Waals surface area (Å²) in [5, 5.41) is 0. The molecule has 1 aliphatic heterocycles. The van der Waals surface area contributed by atoms with Gasteiger partial charge in [0, 0.05) is 18.8 Å². The van der Waals surface area contributed by atoms with Crippen LogP contribution in [0, 0.1) is 0 Å². The number of benzene rings is 1. The standard InChI is InChI=1S/C17H27NO/c1-4-10-17(2,3)19-14-15-8-7-9-16(13-15)18-11-5-6-12-18/h7-9,13H,4-6,10-12,14H2,1-3H3. The molecule has 106 valence electrons. The van der Waals surface area contributed by atoms with Gasteiger partial charge in [0.1, 0.15) is 0 Å². The number of ether oxygens (including phenoxy) is 1. The lowest BCUT2D eigenvalue weighted by Gasteiger charge is -2.25. The Morgan fingerprint density at radius 3 is 2.63 bits per heavy atom. The van der Waals surface area contributed by atoms with Crippen LogP contribution in [0.3, 0.4) is 0 Å². The molecule has 0 unspecified atom stereocenters. The Labute approximate surface area is 117 Å². The Morgan fingerprint density at radius 1 is 1.21 bits per heavy atom. The van der Waals surface area contributed by atoms with E-state index in [1.807, 2.05) is 0 Å². The van der Waals surface area contributed by atoms with Crippen LogP contribution in [0.4, 0.5) is 5.69 Å². The van der Waals surface area contributed by atoms with Crippen molar-refractivity contribution in [3.05, 3.63) is 29.8 Å². The number of hydrogen-bond acceptors (Lipinski definition) is 2. The molecular weight excluding hydrogens is 234 g/mol. The van der Waals surface area contributed by atoms with Gasteiger partial charge in [-0.3, -0.25) is 0 Å². The van der Waals surface area contributed by atoms with Gasteiger partial charge in [0.05, 0.1) is 12.2 Å². The van der Waals surface area contributed by atoms with Crippen molar-refractivity contribution in [2.45, 2.75) is 58.7 Å². The predicted molar refractivity (Wildman–Crippen MR) is 81.7 cm³/mol. The molecule has 2 nitrogen and oxygen atoms in total. The van der Waals surface area contributed by atoms with Crippen LogP contribution in [0.5, 0.6) is 0 Å². The molecule has 0 saturated carbocycles. The van der Waals surface area contributed by atoms with Crippen molar-refractivity contribution >= 4 is 5.69 Å². The third kappa shape index (κ3) is 4.24. The summed E-state index contributed by atoms with van der Waals surface area (Å²) >= 11 is 0. The lowest BCUT2D eigenvalue weighted by atomic mass is 10.0. The molecule has 0 aromatic heterocycles. The molecule has 0 spiro atoms. The Kier molecular flexibility index (Phi) is 4.87. The third-order valence-electron chi connectivity index (χ3n) is 3.86. The maximum atomic E-state index is 6.06. The normalized spacial score (nSPS) is 16.1. The van der Waals surface area contributed by atoms with Gasteiger partial charge >= 0.3 is 0 Å². The highest BCUT2D eigenvalue weighted by Crippen LogP contribution is 2.23. The monoisotopic (exact) mass is 261 g/mol. The largest absolute Gasteiger partial charge is 0.372 e. The van der Waals surface area contributed by atoms with Crippen molar-refractivity contribution in [1.82, 2.24) is 0 Å². The van der Waals surface area contributed by atoms with Crippen LogP contribution in [0.1, 0.15) is 52.0 Å². The highest BCUT2D eigenvalue weighted by atomic mass is 16.5. The smallest absolute Gasteiger partial charge is 0.0724 e. The van der Waals surface area contributed by atoms with Crippen molar-refractivity contribution in [3.63, 3.8) is 0 Å². The first-order chi connectivity index (χ1) is 9.11. The van der Waals surface area contributed by atoms with Crippen molar-refractivity contribution in [3.8, 4) is 0 Å². The summed E-state index contributed by atoms with van der Waals surface area (Å²) in [5.74, 6) is 0. The minimum absolute atomic E-state index is 0.0155. The van der Waals surface area contributed by atoms with E-state index in [0.717, 1.165) is 6.42 Å². The molecule has 0 radical (unpaired) electrons. The van der Waals surface area contributed by atoms with Gasteiger partial charge in [-0.2, -0.15) is 0 Å². The lowest BCUT2D eigenvalue weighted by Crippen LogP contribution is -2.23. The quantitative estimate of drug-likeness (QED) is 0.753. The SMILES string of the molecule is CCCC(C)(C)OCc1cccc(N2CCCC2)c1. The average Bonchev–Trinajstić information content (AvgIpc) is 2.91. The second-order valence-electron chi connectivity index (χ2n) is 6.16. The molecule has 1 aromatic carbocycles. The average molecular weight is 261 g/mol. The molecule has 2 heteroatoms. The van der Waals surface area contributed by atoms with E-state index in [0.29, 0.717) is 6.61 Å². The van der Waals surface area contributed by atoms with E-state index >= 15 is 0 Å². The first-order valence-corrected chi connectivity index (χ1v) is 7.58. The summed E-state index contributed by atoms with van der Waals surface area (Å²) in [4.78, 5) is 2.47. The summed E-state index contributed by atoms with van der Waals surface area (Å²) in [6.07, 6.45) is 4.92. The minimum atomic E-state index is -0.0155. The zero-order valence-corrected chi connectivity index (χ0v) is 12.6. The molecule has 1 saturated heterocycles. The van der Waals surface area contributed by atoms with Crippen LogP contribution < -0.4 is 4.90 Å². The number of rotatable bonds is 6. The van der Waals surface area contributed by atoms with Crippen LogP contribution in [0.15, 0.2) is 24.3 Å². The lowest BCUT2D eigenvalue weighted by molar-refractivity contribution is -0.0353. The molecule has 1 fully saturated rings. The topological polar surface area (TPSA) is 12.5 Å². The van der Waals surface area contributed by atoms with Crippen molar-refractivity contribution in [2.75, 3.05) is 18.0 Å². The molecule has 0 N–H and O–H groups in total. The van der Waals surface area contributed by atoms with Crippen LogP contribution in [0.25, 0.3) is 0 Å². The van der Waals surface area contributed by atoms with Crippen LogP contribution in [-0.4, -0.2) is 18.7 Å². The van der Waals surface area contributed by atoms with E-state index in [9.17, 15) is 0 Å². The Morgan fingerprint density at radius 2 is 1.95 bits per heavy atom. The van der Waals surface area contributed by atoms with Crippen molar-refractivity contribution in [1.29, 1.82) is 0 Å². The number of hydrogen-bond donors (Lipinski definition) is 0. The van der Waals surface area contributed by atoms with E-state index in [4.69, 9.17) is 4.74 Å². The Balaban J connectivity index is 1.95. The Bertz CT molecular complexity index is 394. The molecule has 19 heavy (non-hydrogen) atoms. The van der Waals surface area contributed by atoms with Gasteiger partial charge in [-0.15, -0.1) is 0 Å². The minimum Gasteiger partial charge on any atom is -0.372 e. The second kappa shape index (κ2) is 6.42. The zero-order chi connectivity index (χ0) is 13.7. The molecule has 0 bridgehead atoms. The number of nitrogens with zero attached hydrogens (tertiary/aromatic N) is 1. The van der Waals surface area contributed by atoms with Crippen molar-refractivity contribution in [2.24, 2.45) is 0 Å². The van der Waals surface area contributed by atoms with Gasteiger partial charge in [0.2, 0.25) is 0 Å². The molecule has 1 aromatic rings. The second-order valence-corrected chi connectivity index (χ2v) is 6.16. The van der Waals surface area contributed by atoms with Gasteiger partial charge in [0.25, 0.3) is 0 Å². The van der Waals surface area contributed by atoms with Crippen LogP contribution in [0.2, 0.25) is 0 Å². The summed E-state index contributed by atoms with van der Waals surface area (Å²) in [6.45, 7) is 9.69. The fourth-order valence-corrected chi connectivity index (χ4v) is 2.77. The first kappa shape index (κ1) is 14.4. The van der Waals surface area contributed by atoms with Gasteiger partial charge < -0.3 is 9.64 Å². The molecule has 1 aliphatic rings. The molecule has 0 aliphatic carbocycles. The summed E-state index contributed by atoms with van der Waals surface area (Å²) in [6, 6.07) is 8.82. The molecule has 1 heterocycles. The van der Waals surface area contributed by atoms with Crippen molar-refractivity contribution < 1.29 is 4.74 Å². The van der Waals surface area contributed by atoms with E-state index in [1.54, 1.807) is 0 Å². The fraction of sp³-hybridized carbons (Fsp3) is 0.647. The van der Waals surface area contributed by atoms with Crippen LogP contribution in [-0.2, 0) is 11.3 Å². The van der Waals surface area contributed by atoms with E-state index in [-0.39, 0.29) is 5.60 Å². The van der Waals surface area contributed by atoms with Gasteiger partial charge in [-0.05, 0) is 50.8 Å². The number of anilines is 1.